The Bertz CT molecular complexity index is 8210. The molecule has 22 aromatic rings. The van der Waals surface area contributed by atoms with Crippen molar-refractivity contribution >= 4 is 142 Å². The first-order valence-corrected chi connectivity index (χ1v) is 46.1. The molecule has 0 fully saturated rings. The van der Waals surface area contributed by atoms with Gasteiger partial charge in [-0.3, -0.25) is 24.8 Å². The molecule has 0 unspecified atom stereocenters. The van der Waals surface area contributed by atoms with E-state index >= 15 is 0 Å². The molecule has 0 aliphatic carbocycles. The largest absolute Gasteiger partial charge is 0.497 e. The number of nitro benzene ring substituents is 1. The highest BCUT2D eigenvalue weighted by Crippen LogP contribution is 2.44. The maximum Gasteiger partial charge on any atom is 0.300 e. The average molecular weight is 1970 g/mol. The number of aromatic nitrogens is 22. The summed E-state index contributed by atoms with van der Waals surface area (Å²) < 4.78 is 16.3. The van der Waals surface area contributed by atoms with Gasteiger partial charge in [-0.15, -0.1) is 51.0 Å². The summed E-state index contributed by atoms with van der Waals surface area (Å²) >= 11 is 33.7. The molecule has 0 radical (unpaired) electrons. The minimum Gasteiger partial charge on any atom is -0.497 e. The molecule has 32 nitrogen and oxygen atoms in total. The van der Waals surface area contributed by atoms with Crippen molar-refractivity contribution in [2.24, 2.45) is 7.05 Å². The summed E-state index contributed by atoms with van der Waals surface area (Å²) in [6, 6.07) is 98.2. The number of hydrogen-bond acceptors (Lipinski definition) is 24. The van der Waals surface area contributed by atoms with Crippen LogP contribution in [-0.4, -0.2) is 160 Å². The lowest BCUT2D eigenvalue weighted by Gasteiger charge is -2.07. The van der Waals surface area contributed by atoms with Gasteiger partial charge in [0.15, 0.2) is 28.2 Å². The lowest BCUT2D eigenvalue weighted by atomic mass is 10.1. The molecule has 11 heterocycles. The van der Waals surface area contributed by atoms with Gasteiger partial charge in [0.25, 0.3) is 0 Å². The zero-order chi connectivity index (χ0) is 97.4. The molecule has 0 bridgehead atoms. The fourth-order valence-corrected chi connectivity index (χ4v) is 17.5. The summed E-state index contributed by atoms with van der Waals surface area (Å²) in [5.41, 5.74) is 19.6. The van der Waals surface area contributed by atoms with Gasteiger partial charge in [-0.1, -0.05) is 331 Å². The SMILES string of the molecule is CNC(=O)Cn1nc(-c2ccccc2)c2c(Cl)c(-c3ccccc3)nnc21.COc1ccc(-c2nnc3c(c(-c4ccccc4)nn3C)c2Cl)cc1.Clc1c(-c2ccccc2)nnc2[nH]nc(-c3ccccc3)c12.O=C(Cn1nc(-c2ccccc2)c2c(Cl)c(-c3ccccc3)nnc21)NCCCCc1ccc([N+](=O)[O-])c2nonc12.OCCn1nc(-c2ccccc2)c2c(Cl)c(-c3ccccc3)nnc21. The number of nitrogens with zero attached hydrogens (tertiary/aromatic N) is 22. The maximum absolute atomic E-state index is 12.9. The Hall–Kier alpha value is -16.9. The van der Waals surface area contributed by atoms with E-state index in [4.69, 9.17) is 72.5 Å². The number of aryl methyl sites for hydroxylation is 2. The number of aliphatic hydroxyl groups is 1. The third kappa shape index (κ3) is 20.5. The fraction of sp³-hybridized carbons (Fsp3) is 0.106. The predicted molar refractivity (Wildman–Crippen MR) is 545 cm³/mol. The van der Waals surface area contributed by atoms with Crippen molar-refractivity contribution in [3.8, 4) is 118 Å². The highest BCUT2D eigenvalue weighted by Gasteiger charge is 2.29. The molecule has 698 valence electrons. The van der Waals surface area contributed by atoms with E-state index in [1.54, 1.807) is 29.6 Å². The van der Waals surface area contributed by atoms with Crippen LogP contribution in [0.15, 0.2) is 314 Å². The Morgan fingerprint density at radius 1 is 0.390 bits per heavy atom. The Morgan fingerprint density at radius 2 is 0.723 bits per heavy atom. The van der Waals surface area contributed by atoms with E-state index in [1.807, 2.05) is 304 Å². The van der Waals surface area contributed by atoms with E-state index in [0.717, 1.165) is 100 Å². The molecule has 4 N–H and O–H groups in total. The molecule has 0 saturated heterocycles. The van der Waals surface area contributed by atoms with Gasteiger partial charge < -0.3 is 20.5 Å². The van der Waals surface area contributed by atoms with Crippen LogP contribution in [0.3, 0.4) is 0 Å². The lowest BCUT2D eigenvalue weighted by molar-refractivity contribution is -0.383. The predicted octanol–water partition coefficient (Wildman–Crippen LogP) is 21.5. The van der Waals surface area contributed by atoms with Crippen molar-refractivity contribution in [1.82, 2.24) is 121 Å². The van der Waals surface area contributed by atoms with Gasteiger partial charge >= 0.3 is 5.69 Å². The van der Waals surface area contributed by atoms with Gasteiger partial charge in [0.05, 0.1) is 77.2 Å². The normalized spacial score (nSPS) is 11.1. The number of non-ortho nitro benzene ring substituents is 1. The second-order valence-electron chi connectivity index (χ2n) is 31.6. The molecule has 22 rings (SSSR count). The average Bonchev–Trinajstić information content (AvgIpc) is 1.62. The van der Waals surface area contributed by atoms with E-state index < -0.39 is 4.92 Å². The number of H-pyrrole nitrogens is 1. The molecule has 0 atom stereocenters. The van der Waals surface area contributed by atoms with Crippen molar-refractivity contribution in [3.63, 3.8) is 0 Å². The minimum atomic E-state index is -0.515. The molecule has 11 aromatic heterocycles. The van der Waals surface area contributed by atoms with Crippen LogP contribution in [0.4, 0.5) is 5.69 Å². The van der Waals surface area contributed by atoms with Crippen LogP contribution in [0, 0.1) is 10.1 Å². The number of aromatic amines is 1. The molecule has 2 amide bonds. The summed E-state index contributed by atoms with van der Waals surface area (Å²) in [5.74, 6) is 0.367. The van der Waals surface area contributed by atoms with E-state index in [-0.39, 0.29) is 42.7 Å². The second kappa shape index (κ2) is 43.6. The minimum absolute atomic E-state index is 0.0370. The second-order valence-corrected chi connectivity index (χ2v) is 33.5. The fourth-order valence-electron chi connectivity index (χ4n) is 15.9. The maximum atomic E-state index is 12.9. The van der Waals surface area contributed by atoms with Crippen molar-refractivity contribution < 1.29 is 29.0 Å². The van der Waals surface area contributed by atoms with Crippen LogP contribution >= 0.6 is 58.0 Å². The summed E-state index contributed by atoms with van der Waals surface area (Å²) in [4.78, 5) is 35.5. The van der Waals surface area contributed by atoms with E-state index in [2.05, 4.69) is 97.4 Å². The number of nitro groups is 1. The number of unbranched alkanes of at least 4 members (excludes halogenated alkanes) is 1. The number of rotatable bonds is 23. The molecule has 37 heteroatoms. The summed E-state index contributed by atoms with van der Waals surface area (Å²) in [5, 5.41) is 109. The van der Waals surface area contributed by atoms with Crippen LogP contribution in [0.2, 0.25) is 25.1 Å². The van der Waals surface area contributed by atoms with E-state index in [0.29, 0.717) is 142 Å². The van der Waals surface area contributed by atoms with Crippen LogP contribution < -0.4 is 15.4 Å². The highest BCUT2D eigenvalue weighted by atomic mass is 35.5. The zero-order valence-corrected chi connectivity index (χ0v) is 79.0. The Labute approximate surface area is 828 Å². The van der Waals surface area contributed by atoms with E-state index in [9.17, 15) is 24.8 Å². The molecular weight excluding hydrogens is 1890 g/mol. The summed E-state index contributed by atoms with van der Waals surface area (Å²) in [6.45, 7) is 0.702. The van der Waals surface area contributed by atoms with Gasteiger partial charge in [-0.05, 0) is 65.5 Å². The molecule has 141 heavy (non-hydrogen) atoms. The monoisotopic (exact) mass is 1970 g/mol. The lowest BCUT2D eigenvalue weighted by Crippen LogP contribution is -2.29. The number of fused-ring (bicyclic) bond motifs is 6. The molecule has 11 aromatic carbocycles. The topological polar surface area (TPSA) is 399 Å². The molecule has 0 aliphatic heterocycles. The molecule has 0 spiro atoms. The number of benzene rings is 11. The van der Waals surface area contributed by atoms with Crippen molar-refractivity contribution in [2.45, 2.75) is 38.9 Å². The number of aliphatic hydroxyl groups excluding tert-OH is 1. The Kier molecular flexibility index (Phi) is 29.2. The Balaban J connectivity index is 0.000000119. The number of methoxy groups -OCH3 is 1. The number of ether oxygens (including phenoxy) is 1. The number of amides is 2. The van der Waals surface area contributed by atoms with Crippen LogP contribution in [0.25, 0.3) is 179 Å². The number of hydrogen-bond donors (Lipinski definition) is 4. The van der Waals surface area contributed by atoms with Gasteiger partial charge in [0.1, 0.15) is 81.3 Å². The number of carbonyl (C=O) groups is 2. The third-order valence-electron chi connectivity index (χ3n) is 22.7. The molecule has 0 saturated carbocycles. The molecular formula is C104H80Cl5N25O7. The highest BCUT2D eigenvalue weighted by molar-refractivity contribution is 6.41. The summed E-state index contributed by atoms with van der Waals surface area (Å²) in [7, 11) is 5.06. The smallest absolute Gasteiger partial charge is 0.300 e. The van der Waals surface area contributed by atoms with Crippen molar-refractivity contribution in [1.29, 1.82) is 0 Å². The quantitative estimate of drug-likeness (QED) is 0.0262. The van der Waals surface area contributed by atoms with Gasteiger partial charge in [0, 0.05) is 82.3 Å². The first kappa shape index (κ1) is 94.5. The van der Waals surface area contributed by atoms with E-state index in [1.165, 1.54) is 15.4 Å². The zero-order valence-electron chi connectivity index (χ0n) is 75.2. The number of carbonyl (C=O) groups excluding carboxylic acids is 2. The number of halogens is 5. The number of likely N-dealkylation sites (N-methyl/N-ethyl adjacent to an activating group) is 1. The first-order chi connectivity index (χ1) is 69.0. The van der Waals surface area contributed by atoms with Gasteiger partial charge in [-0.2, -0.15) is 25.5 Å². The van der Waals surface area contributed by atoms with Crippen LogP contribution in [0.1, 0.15) is 18.4 Å². The Morgan fingerprint density at radius 3 is 1.11 bits per heavy atom. The standard InChI is InChI=1S/C29H23ClN8O4.C20H16ClN5O.2C19H15ClN4O.C17H11ClN4/c30-24-23-25(18-9-3-1-4-10-18)34-37(29(23)33-32-26(24)19-11-5-2-6-12-19)17-22(39)31-16-8-7-13-20-14-15-21(38(40)41)28-27(20)35-42-36-28;1-22-15(27)12-26-20-16(18(25-26)13-8-4-2-5-9-13)17(21)19(23-24-20)14-10-6-3-7-11-14;1-24-19-15(17(23-24)12-6-4-3-5-7-12)16(20)18(21-22-19)13-8-10-14(25-2)11-9-13;20-16-15-17(13-7-3-1-4-8-13)23-24(11-12-25)19(15)22-21-18(16)14-9-5-2-6-10-14;18-14-13-15(11-7-3-1-4-8-11)19-21-17(13)22-20-16(14)12-9-5-2-6-10-12/h1-6,9-12,14-15H,7-8,13,16-17H2,(H,31,39);2-11H,12H2,1H3,(H,22,27);3-11H,1-2H3;1-10,25H,11-12H2;1-10H,(H,19,21,22). The number of nitrogens with one attached hydrogen (secondary N) is 3. The van der Waals surface area contributed by atoms with Crippen LogP contribution in [0.5, 0.6) is 5.75 Å². The molecule has 0 aliphatic rings. The first-order valence-electron chi connectivity index (χ1n) is 44.2. The van der Waals surface area contributed by atoms with Crippen LogP contribution in [-0.2, 0) is 42.7 Å². The third-order valence-corrected chi connectivity index (χ3v) is 24.6. The van der Waals surface area contributed by atoms with Gasteiger partial charge in [0.2, 0.25) is 17.3 Å². The van der Waals surface area contributed by atoms with Gasteiger partial charge in [-0.25, -0.2) is 23.4 Å². The van der Waals surface area contributed by atoms with Crippen molar-refractivity contribution in [2.75, 3.05) is 27.3 Å². The van der Waals surface area contributed by atoms with Crippen molar-refractivity contribution in [3.05, 3.63) is 350 Å². The summed E-state index contributed by atoms with van der Waals surface area (Å²) in [6.07, 6.45) is 1.99.